The number of ether oxygens (including phenoxy) is 1. The first-order valence-electron chi connectivity index (χ1n) is 4.81. The van der Waals surface area contributed by atoms with Crippen LogP contribution in [0.5, 0.6) is 11.6 Å². The summed E-state index contributed by atoms with van der Waals surface area (Å²) in [5.41, 5.74) is -0.135. The van der Waals surface area contributed by atoms with Crippen molar-refractivity contribution in [3.63, 3.8) is 0 Å². The normalized spacial score (nSPS) is 10.1. The summed E-state index contributed by atoms with van der Waals surface area (Å²) in [6.45, 7) is 0. The van der Waals surface area contributed by atoms with Gasteiger partial charge in [0, 0.05) is 12.1 Å². The standard InChI is InChI=1S/C11H6BrFN2O3/c12-11-7(15(16)17)3-1-4-8(11)18-10-6-2-5-9(13)14-10/h1-6H. The van der Waals surface area contributed by atoms with Gasteiger partial charge in [-0.2, -0.15) is 9.37 Å². The number of halogens is 2. The van der Waals surface area contributed by atoms with E-state index in [9.17, 15) is 14.5 Å². The molecule has 0 aliphatic rings. The summed E-state index contributed by atoms with van der Waals surface area (Å²) in [4.78, 5) is 13.7. The van der Waals surface area contributed by atoms with Gasteiger partial charge in [-0.25, -0.2) is 0 Å². The molecule has 18 heavy (non-hydrogen) atoms. The van der Waals surface area contributed by atoms with Crippen LogP contribution in [-0.2, 0) is 0 Å². The van der Waals surface area contributed by atoms with Crippen molar-refractivity contribution in [1.82, 2.24) is 4.98 Å². The van der Waals surface area contributed by atoms with Gasteiger partial charge in [-0.1, -0.05) is 12.1 Å². The third kappa shape index (κ3) is 2.62. The number of benzene rings is 1. The third-order valence-electron chi connectivity index (χ3n) is 2.04. The van der Waals surface area contributed by atoms with Crippen LogP contribution in [0, 0.1) is 16.1 Å². The van der Waals surface area contributed by atoms with Crippen LogP contribution in [0.2, 0.25) is 0 Å². The predicted molar refractivity (Wildman–Crippen MR) is 65.1 cm³/mol. The molecule has 5 nitrogen and oxygen atoms in total. The van der Waals surface area contributed by atoms with E-state index < -0.39 is 10.9 Å². The van der Waals surface area contributed by atoms with Crippen LogP contribution in [0.1, 0.15) is 0 Å². The van der Waals surface area contributed by atoms with Crippen LogP contribution < -0.4 is 4.74 Å². The summed E-state index contributed by atoms with van der Waals surface area (Å²) in [5, 5.41) is 10.7. The molecular weight excluding hydrogens is 307 g/mol. The quantitative estimate of drug-likeness (QED) is 0.492. The average Bonchev–Trinajstić information content (AvgIpc) is 2.31. The molecule has 0 aliphatic carbocycles. The third-order valence-corrected chi connectivity index (χ3v) is 2.84. The second kappa shape index (κ2) is 5.09. The molecule has 2 rings (SSSR count). The maximum absolute atomic E-state index is 12.9. The number of aromatic nitrogens is 1. The number of hydrogen-bond donors (Lipinski definition) is 0. The highest BCUT2D eigenvalue weighted by Gasteiger charge is 2.16. The highest BCUT2D eigenvalue weighted by molar-refractivity contribution is 9.10. The smallest absolute Gasteiger partial charge is 0.287 e. The Morgan fingerprint density at radius 3 is 2.67 bits per heavy atom. The van der Waals surface area contributed by atoms with Gasteiger partial charge in [-0.3, -0.25) is 10.1 Å². The molecule has 0 saturated carbocycles. The lowest BCUT2D eigenvalue weighted by atomic mass is 10.3. The Hall–Kier alpha value is -2.02. The van der Waals surface area contributed by atoms with Gasteiger partial charge in [0.1, 0.15) is 4.47 Å². The zero-order valence-electron chi connectivity index (χ0n) is 8.84. The minimum Gasteiger partial charge on any atom is -0.437 e. The molecule has 0 N–H and O–H groups in total. The van der Waals surface area contributed by atoms with Gasteiger partial charge in [0.15, 0.2) is 5.75 Å². The molecule has 1 aromatic carbocycles. The van der Waals surface area contributed by atoms with Crippen molar-refractivity contribution in [2.75, 3.05) is 0 Å². The molecule has 0 spiro atoms. The van der Waals surface area contributed by atoms with Gasteiger partial charge in [0.05, 0.1) is 4.92 Å². The Morgan fingerprint density at radius 2 is 2.00 bits per heavy atom. The topological polar surface area (TPSA) is 65.3 Å². The van der Waals surface area contributed by atoms with Crippen LogP contribution >= 0.6 is 15.9 Å². The number of nitrogens with zero attached hydrogens (tertiary/aromatic N) is 2. The minimum atomic E-state index is -0.686. The lowest BCUT2D eigenvalue weighted by molar-refractivity contribution is -0.385. The van der Waals surface area contributed by atoms with Gasteiger partial charge < -0.3 is 4.74 Å². The van der Waals surface area contributed by atoms with Gasteiger partial charge in [0.2, 0.25) is 11.8 Å². The summed E-state index contributed by atoms with van der Waals surface area (Å²) in [6, 6.07) is 8.38. The number of hydrogen-bond acceptors (Lipinski definition) is 4. The molecule has 0 fully saturated rings. The molecule has 0 saturated heterocycles. The van der Waals surface area contributed by atoms with Crippen LogP contribution in [-0.4, -0.2) is 9.91 Å². The first-order chi connectivity index (χ1) is 8.58. The van der Waals surface area contributed by atoms with Crippen molar-refractivity contribution in [1.29, 1.82) is 0 Å². The van der Waals surface area contributed by atoms with E-state index in [1.165, 1.54) is 36.4 Å². The van der Waals surface area contributed by atoms with E-state index in [2.05, 4.69) is 20.9 Å². The fourth-order valence-corrected chi connectivity index (χ4v) is 1.77. The zero-order valence-corrected chi connectivity index (χ0v) is 10.4. The monoisotopic (exact) mass is 312 g/mol. The van der Waals surface area contributed by atoms with Crippen LogP contribution in [0.3, 0.4) is 0 Å². The molecule has 7 heteroatoms. The molecule has 2 aromatic rings. The van der Waals surface area contributed by atoms with E-state index in [0.29, 0.717) is 0 Å². The fraction of sp³-hybridized carbons (Fsp3) is 0. The largest absolute Gasteiger partial charge is 0.437 e. The Balaban J connectivity index is 2.35. The van der Waals surface area contributed by atoms with E-state index >= 15 is 0 Å². The maximum atomic E-state index is 12.9. The number of rotatable bonds is 3. The SMILES string of the molecule is O=[N+]([O-])c1cccc(Oc2cccc(F)n2)c1Br. The molecule has 0 amide bonds. The molecule has 0 atom stereocenters. The molecule has 1 aromatic heterocycles. The number of pyridine rings is 1. The van der Waals surface area contributed by atoms with Crippen LogP contribution in [0.15, 0.2) is 40.9 Å². The van der Waals surface area contributed by atoms with Crippen molar-refractivity contribution in [3.05, 3.63) is 56.9 Å². The summed E-state index contributed by atoms with van der Waals surface area (Å²) < 4.78 is 18.3. The Bertz CT molecular complexity index is 607. The Labute approximate surface area is 110 Å². The average molecular weight is 313 g/mol. The van der Waals surface area contributed by atoms with Crippen molar-refractivity contribution >= 4 is 21.6 Å². The van der Waals surface area contributed by atoms with E-state index in [1.807, 2.05) is 0 Å². The molecular formula is C11H6BrFN2O3. The van der Waals surface area contributed by atoms with Gasteiger partial charge in [-0.05, 0) is 28.1 Å². The van der Waals surface area contributed by atoms with Crippen molar-refractivity contribution in [3.8, 4) is 11.6 Å². The first kappa shape index (κ1) is 12.4. The molecule has 0 unspecified atom stereocenters. The molecule has 0 radical (unpaired) electrons. The lowest BCUT2D eigenvalue weighted by Crippen LogP contribution is -1.94. The van der Waals surface area contributed by atoms with E-state index in [-0.39, 0.29) is 21.8 Å². The summed E-state index contributed by atoms with van der Waals surface area (Å²) in [6.07, 6.45) is 0. The molecule has 0 aliphatic heterocycles. The van der Waals surface area contributed by atoms with Gasteiger partial charge >= 0.3 is 0 Å². The van der Waals surface area contributed by atoms with Crippen LogP contribution in [0.4, 0.5) is 10.1 Å². The van der Waals surface area contributed by atoms with E-state index in [1.54, 1.807) is 0 Å². The second-order valence-electron chi connectivity index (χ2n) is 3.25. The maximum Gasteiger partial charge on any atom is 0.287 e. The van der Waals surface area contributed by atoms with E-state index in [0.717, 1.165) is 0 Å². The highest BCUT2D eigenvalue weighted by Crippen LogP contribution is 2.35. The summed E-state index contributed by atoms with van der Waals surface area (Å²) in [7, 11) is 0. The summed E-state index contributed by atoms with van der Waals surface area (Å²) >= 11 is 3.07. The van der Waals surface area contributed by atoms with Crippen molar-refractivity contribution in [2.24, 2.45) is 0 Å². The van der Waals surface area contributed by atoms with Crippen LogP contribution in [0.25, 0.3) is 0 Å². The predicted octanol–water partition coefficient (Wildman–Crippen LogP) is 3.68. The Morgan fingerprint density at radius 1 is 1.28 bits per heavy atom. The zero-order chi connectivity index (χ0) is 13.1. The molecule has 92 valence electrons. The van der Waals surface area contributed by atoms with Gasteiger partial charge in [-0.15, -0.1) is 0 Å². The fourth-order valence-electron chi connectivity index (χ4n) is 1.28. The van der Waals surface area contributed by atoms with Crippen molar-refractivity contribution in [2.45, 2.75) is 0 Å². The minimum absolute atomic E-state index is 0.0243. The van der Waals surface area contributed by atoms with Gasteiger partial charge in [0.25, 0.3) is 5.69 Å². The molecule has 1 heterocycles. The van der Waals surface area contributed by atoms with Crippen molar-refractivity contribution < 1.29 is 14.1 Å². The first-order valence-corrected chi connectivity index (χ1v) is 5.60. The lowest BCUT2D eigenvalue weighted by Gasteiger charge is -2.06. The second-order valence-corrected chi connectivity index (χ2v) is 4.04. The number of nitro groups is 1. The van der Waals surface area contributed by atoms with E-state index in [4.69, 9.17) is 4.74 Å². The Kier molecular flexibility index (Phi) is 3.52. The molecule has 0 bridgehead atoms. The highest BCUT2D eigenvalue weighted by atomic mass is 79.9. The number of nitro benzene ring substituents is 1. The summed E-state index contributed by atoms with van der Waals surface area (Å²) in [5.74, 6) is -0.465.